The highest BCUT2D eigenvalue weighted by molar-refractivity contribution is 8.00. The molecule has 2 aromatic carbocycles. The van der Waals surface area contributed by atoms with Crippen LogP contribution in [0.25, 0.3) is 11.3 Å². The van der Waals surface area contributed by atoms with E-state index >= 15 is 0 Å². The minimum Gasteiger partial charge on any atom is -0.293 e. The van der Waals surface area contributed by atoms with Gasteiger partial charge in [-0.3, -0.25) is 18.6 Å². The number of nitrogens with zero attached hydrogens (tertiary/aromatic N) is 4. The van der Waals surface area contributed by atoms with Gasteiger partial charge in [-0.15, -0.1) is 10.2 Å². The molecule has 1 atom stereocenters. The maximum atomic E-state index is 12.8. The summed E-state index contributed by atoms with van der Waals surface area (Å²) in [5, 5.41) is 8.37. The molecule has 7 heteroatoms. The van der Waals surface area contributed by atoms with Crippen molar-refractivity contribution < 1.29 is 4.79 Å². The topological polar surface area (TPSA) is 69.3 Å². The van der Waals surface area contributed by atoms with Gasteiger partial charge < -0.3 is 0 Å². The second-order valence-corrected chi connectivity index (χ2v) is 8.22. The molecule has 2 aromatic heterocycles. The molecule has 0 aliphatic carbocycles. The average molecular weight is 404 g/mol. The van der Waals surface area contributed by atoms with Crippen LogP contribution in [0.5, 0.6) is 0 Å². The van der Waals surface area contributed by atoms with Gasteiger partial charge in [0.25, 0.3) is 0 Å². The van der Waals surface area contributed by atoms with Crippen LogP contribution in [-0.4, -0.2) is 30.2 Å². The van der Waals surface area contributed by atoms with Crippen LogP contribution < -0.4 is 5.56 Å². The van der Waals surface area contributed by atoms with E-state index in [-0.39, 0.29) is 22.2 Å². The minimum atomic E-state index is -0.360. The number of hydrogen-bond acceptors (Lipinski definition) is 5. The number of carbonyl (C=O) groups is 1. The first kappa shape index (κ1) is 19.1. The normalized spacial score (nSPS) is 12.2. The van der Waals surface area contributed by atoms with Crippen LogP contribution in [0.2, 0.25) is 0 Å². The molecule has 0 N–H and O–H groups in total. The first-order valence-electron chi connectivity index (χ1n) is 9.25. The first-order chi connectivity index (χ1) is 14.0. The molecular weight excluding hydrogens is 384 g/mol. The minimum absolute atomic E-state index is 0.0208. The molecule has 0 spiro atoms. The molecular formula is C22H20N4O2S. The Balaban J connectivity index is 1.63. The lowest BCUT2D eigenvalue weighted by Gasteiger charge is -2.11. The Morgan fingerprint density at radius 3 is 2.48 bits per heavy atom. The quantitative estimate of drug-likeness (QED) is 0.373. The van der Waals surface area contributed by atoms with Crippen molar-refractivity contribution in [2.45, 2.75) is 31.2 Å². The van der Waals surface area contributed by atoms with E-state index in [2.05, 4.69) is 10.2 Å². The highest BCUT2D eigenvalue weighted by Gasteiger charge is 2.21. The number of aryl methyl sites for hydroxylation is 2. The van der Waals surface area contributed by atoms with Crippen LogP contribution >= 0.6 is 11.8 Å². The summed E-state index contributed by atoms with van der Waals surface area (Å²) in [4.78, 5) is 25.6. The van der Waals surface area contributed by atoms with Gasteiger partial charge in [0, 0.05) is 23.6 Å². The molecule has 0 unspecified atom stereocenters. The summed E-state index contributed by atoms with van der Waals surface area (Å²) in [6.45, 7) is 5.86. The van der Waals surface area contributed by atoms with Crippen LogP contribution in [0.1, 0.15) is 28.4 Å². The molecule has 146 valence electrons. The molecule has 4 aromatic rings. The van der Waals surface area contributed by atoms with E-state index in [0.717, 1.165) is 16.8 Å². The highest BCUT2D eigenvalue weighted by Crippen LogP contribution is 2.25. The highest BCUT2D eigenvalue weighted by atomic mass is 32.2. The number of rotatable bonds is 5. The number of fused-ring (bicyclic) bond motifs is 1. The largest absolute Gasteiger partial charge is 0.300 e. The van der Waals surface area contributed by atoms with Crippen LogP contribution in [0, 0.1) is 13.8 Å². The summed E-state index contributed by atoms with van der Waals surface area (Å²) in [5.74, 6) is 0.0208. The van der Waals surface area contributed by atoms with Crippen LogP contribution in [0.3, 0.4) is 0 Å². The molecule has 0 aliphatic heterocycles. The molecule has 0 aliphatic rings. The lowest BCUT2D eigenvalue weighted by Crippen LogP contribution is -2.20. The van der Waals surface area contributed by atoms with Gasteiger partial charge in [0.1, 0.15) is 0 Å². The van der Waals surface area contributed by atoms with Crippen molar-refractivity contribution in [3.05, 3.63) is 88.0 Å². The molecule has 29 heavy (non-hydrogen) atoms. The van der Waals surface area contributed by atoms with Gasteiger partial charge in [0.15, 0.2) is 10.9 Å². The van der Waals surface area contributed by atoms with E-state index in [9.17, 15) is 9.59 Å². The Hall–Kier alpha value is -3.19. The molecule has 0 amide bonds. The van der Waals surface area contributed by atoms with Crippen molar-refractivity contribution in [3.8, 4) is 5.69 Å². The number of carbonyl (C=O) groups excluding carboxylic acids is 1. The Labute approximate surface area is 172 Å². The van der Waals surface area contributed by atoms with Gasteiger partial charge in [-0.1, -0.05) is 42.1 Å². The van der Waals surface area contributed by atoms with E-state index in [1.165, 1.54) is 16.3 Å². The Morgan fingerprint density at radius 1 is 1.00 bits per heavy atom. The second-order valence-electron chi connectivity index (χ2n) is 6.91. The summed E-state index contributed by atoms with van der Waals surface area (Å²) >= 11 is 1.29. The number of aromatic nitrogens is 4. The van der Waals surface area contributed by atoms with Gasteiger partial charge in [0.05, 0.1) is 5.25 Å². The van der Waals surface area contributed by atoms with Gasteiger partial charge in [0.2, 0.25) is 5.65 Å². The predicted octanol–water partition coefficient (Wildman–Crippen LogP) is 3.86. The lowest BCUT2D eigenvalue weighted by atomic mass is 10.0. The second kappa shape index (κ2) is 7.67. The SMILES string of the molecule is Cc1ccc(C(=O)[C@@H](C)Sc2nnc3c(=O)n(-c4ccccc4)ccn23)cc1C. The summed E-state index contributed by atoms with van der Waals surface area (Å²) in [6.07, 6.45) is 3.44. The number of hydrogen-bond donors (Lipinski definition) is 0. The molecule has 0 fully saturated rings. The van der Waals surface area contributed by atoms with E-state index in [1.54, 1.807) is 16.8 Å². The molecule has 4 rings (SSSR count). The van der Waals surface area contributed by atoms with Gasteiger partial charge in [-0.2, -0.15) is 0 Å². The third-order valence-electron chi connectivity index (χ3n) is 4.92. The van der Waals surface area contributed by atoms with E-state index in [1.807, 2.05) is 69.3 Å². The van der Waals surface area contributed by atoms with Crippen molar-refractivity contribution in [2.24, 2.45) is 0 Å². The lowest BCUT2D eigenvalue weighted by molar-refractivity contribution is 0.0994. The van der Waals surface area contributed by atoms with Crippen molar-refractivity contribution in [1.82, 2.24) is 19.2 Å². The van der Waals surface area contributed by atoms with Gasteiger partial charge in [-0.05, 0) is 50.1 Å². The average Bonchev–Trinajstić information content (AvgIpc) is 3.14. The van der Waals surface area contributed by atoms with E-state index in [0.29, 0.717) is 10.7 Å². The van der Waals surface area contributed by atoms with Crippen molar-refractivity contribution >= 4 is 23.2 Å². The van der Waals surface area contributed by atoms with Crippen LogP contribution in [0.4, 0.5) is 0 Å². The Kier molecular flexibility index (Phi) is 5.07. The third kappa shape index (κ3) is 3.61. The smallest absolute Gasteiger partial charge is 0.293 e. The zero-order valence-electron chi connectivity index (χ0n) is 16.4. The van der Waals surface area contributed by atoms with Crippen molar-refractivity contribution in [3.63, 3.8) is 0 Å². The third-order valence-corrected chi connectivity index (χ3v) is 5.97. The van der Waals surface area contributed by atoms with E-state index in [4.69, 9.17) is 0 Å². The number of Topliss-reactive ketones (excluding diaryl/α,β-unsaturated/α-hetero) is 1. The monoisotopic (exact) mass is 404 g/mol. The van der Waals surface area contributed by atoms with Gasteiger partial charge >= 0.3 is 5.56 Å². The van der Waals surface area contributed by atoms with Crippen LogP contribution in [0.15, 0.2) is 70.9 Å². The fraction of sp³-hybridized carbons (Fsp3) is 0.182. The molecule has 0 bridgehead atoms. The number of benzene rings is 2. The fourth-order valence-electron chi connectivity index (χ4n) is 3.08. The summed E-state index contributed by atoms with van der Waals surface area (Å²) < 4.78 is 3.17. The summed E-state index contributed by atoms with van der Waals surface area (Å²) in [5.41, 5.74) is 3.64. The zero-order chi connectivity index (χ0) is 20.5. The maximum absolute atomic E-state index is 12.8. The number of para-hydroxylation sites is 1. The fourth-order valence-corrected chi connectivity index (χ4v) is 3.99. The number of thioether (sulfide) groups is 1. The summed E-state index contributed by atoms with van der Waals surface area (Å²) in [6, 6.07) is 15.1. The van der Waals surface area contributed by atoms with E-state index < -0.39 is 0 Å². The Morgan fingerprint density at radius 2 is 1.76 bits per heavy atom. The molecule has 2 heterocycles. The predicted molar refractivity (Wildman–Crippen MR) is 114 cm³/mol. The maximum Gasteiger partial charge on any atom is 0.300 e. The van der Waals surface area contributed by atoms with Gasteiger partial charge in [-0.25, -0.2) is 0 Å². The molecule has 0 radical (unpaired) electrons. The standard InChI is InChI=1S/C22H20N4O2S/c1-14-9-10-17(13-15(14)2)19(27)16(3)29-22-24-23-20-21(28)25(11-12-26(20)22)18-7-5-4-6-8-18/h4-13,16H,1-3H3/t16-/m1/s1. The van der Waals surface area contributed by atoms with Crippen LogP contribution in [-0.2, 0) is 0 Å². The Bertz CT molecular complexity index is 1260. The van der Waals surface area contributed by atoms with Crippen molar-refractivity contribution in [1.29, 1.82) is 0 Å². The zero-order valence-corrected chi connectivity index (χ0v) is 17.2. The molecule has 0 saturated heterocycles. The molecule has 0 saturated carbocycles. The van der Waals surface area contributed by atoms with Crippen molar-refractivity contribution in [2.75, 3.05) is 0 Å². The number of ketones is 1. The summed E-state index contributed by atoms with van der Waals surface area (Å²) in [7, 11) is 0. The first-order valence-corrected chi connectivity index (χ1v) is 10.1. The molecule has 6 nitrogen and oxygen atoms in total.